The fourth-order valence-corrected chi connectivity index (χ4v) is 2.72. The summed E-state index contributed by atoms with van der Waals surface area (Å²) < 4.78 is 24.3. The molecule has 0 fully saturated rings. The lowest BCUT2D eigenvalue weighted by Gasteiger charge is -2.15. The van der Waals surface area contributed by atoms with Crippen molar-refractivity contribution in [2.45, 2.75) is 4.90 Å². The lowest BCUT2D eigenvalue weighted by Crippen LogP contribution is -2.26. The highest BCUT2D eigenvalue weighted by Gasteiger charge is 2.32. The first-order valence-electron chi connectivity index (χ1n) is 4.42. The Labute approximate surface area is 107 Å². The standard InChI is InChI=1S/C8H9ClN2O6S/c1-10(17-2)18(15,16)8-5(9)3-4-6(7(8)12)11(13)14/h3-4,12H,1-2H3. The van der Waals surface area contributed by atoms with E-state index in [1.807, 2.05) is 0 Å². The highest BCUT2D eigenvalue weighted by Crippen LogP contribution is 2.39. The molecule has 0 bridgehead atoms. The van der Waals surface area contributed by atoms with Crippen LogP contribution in [0.1, 0.15) is 0 Å². The van der Waals surface area contributed by atoms with Gasteiger partial charge in [-0.3, -0.25) is 15.0 Å². The minimum absolute atomic E-state index is 0.345. The van der Waals surface area contributed by atoms with Crippen molar-refractivity contribution in [3.8, 4) is 5.75 Å². The molecule has 0 aliphatic carbocycles. The molecule has 0 radical (unpaired) electrons. The SMILES string of the molecule is CON(C)S(=O)(=O)c1c(Cl)ccc([N+](=O)[O-])c1O. The molecule has 0 unspecified atom stereocenters. The number of sulfonamides is 1. The number of halogens is 1. The topological polar surface area (TPSA) is 110 Å². The maximum Gasteiger partial charge on any atom is 0.312 e. The summed E-state index contributed by atoms with van der Waals surface area (Å²) in [5.41, 5.74) is -0.762. The Kier molecular flexibility index (Phi) is 4.12. The first-order chi connectivity index (χ1) is 8.23. The highest BCUT2D eigenvalue weighted by atomic mass is 35.5. The molecule has 10 heteroatoms. The summed E-state index contributed by atoms with van der Waals surface area (Å²) in [5, 5.41) is 19.9. The van der Waals surface area contributed by atoms with Gasteiger partial charge in [0.25, 0.3) is 10.0 Å². The lowest BCUT2D eigenvalue weighted by molar-refractivity contribution is -0.386. The average molecular weight is 297 g/mol. The van der Waals surface area contributed by atoms with Crippen LogP contribution >= 0.6 is 11.6 Å². The summed E-state index contributed by atoms with van der Waals surface area (Å²) in [6.45, 7) is 0. The van der Waals surface area contributed by atoms with Crippen molar-refractivity contribution >= 4 is 27.3 Å². The van der Waals surface area contributed by atoms with E-state index in [0.29, 0.717) is 4.47 Å². The van der Waals surface area contributed by atoms with E-state index in [9.17, 15) is 23.6 Å². The largest absolute Gasteiger partial charge is 0.501 e. The third kappa shape index (κ3) is 2.38. The van der Waals surface area contributed by atoms with Gasteiger partial charge in [0.2, 0.25) is 5.75 Å². The van der Waals surface area contributed by atoms with E-state index >= 15 is 0 Å². The predicted octanol–water partition coefficient (Wildman–Crippen LogP) is 1.14. The number of nitro benzene ring substituents is 1. The number of nitro groups is 1. The van der Waals surface area contributed by atoms with Gasteiger partial charge in [-0.25, -0.2) is 8.42 Å². The predicted molar refractivity (Wildman–Crippen MR) is 61.7 cm³/mol. The second-order valence-electron chi connectivity index (χ2n) is 3.10. The number of phenolic OH excluding ortho intramolecular Hbond substituents is 1. The third-order valence-electron chi connectivity index (χ3n) is 2.11. The number of hydroxylamine groups is 1. The monoisotopic (exact) mass is 296 g/mol. The van der Waals surface area contributed by atoms with Gasteiger partial charge in [-0.1, -0.05) is 16.1 Å². The van der Waals surface area contributed by atoms with Crippen LogP contribution in [0.3, 0.4) is 0 Å². The summed E-state index contributed by atoms with van der Waals surface area (Å²) in [6.07, 6.45) is 0. The number of rotatable bonds is 4. The van der Waals surface area contributed by atoms with Crippen molar-refractivity contribution in [2.24, 2.45) is 0 Å². The number of hydrogen-bond donors (Lipinski definition) is 1. The minimum Gasteiger partial charge on any atom is -0.501 e. The summed E-state index contributed by atoms with van der Waals surface area (Å²) in [6, 6.07) is 1.92. The van der Waals surface area contributed by atoms with Crippen molar-refractivity contribution in [3.05, 3.63) is 27.3 Å². The summed E-state index contributed by atoms with van der Waals surface area (Å²) in [5.74, 6) is -1.03. The highest BCUT2D eigenvalue weighted by molar-refractivity contribution is 7.89. The molecule has 8 nitrogen and oxygen atoms in total. The van der Waals surface area contributed by atoms with Gasteiger partial charge in [0, 0.05) is 13.1 Å². The second kappa shape index (κ2) is 5.06. The Hall–Kier alpha value is -1.42. The molecule has 0 spiro atoms. The molecule has 1 rings (SSSR count). The van der Waals surface area contributed by atoms with Crippen LogP contribution in [0, 0.1) is 10.1 Å². The molecule has 1 N–H and O–H groups in total. The number of benzene rings is 1. The van der Waals surface area contributed by atoms with E-state index < -0.39 is 31.3 Å². The van der Waals surface area contributed by atoms with Crippen LogP contribution in [0.2, 0.25) is 5.02 Å². The molecule has 0 saturated carbocycles. The first-order valence-corrected chi connectivity index (χ1v) is 6.24. The van der Waals surface area contributed by atoms with Crippen LogP contribution in [-0.2, 0) is 14.9 Å². The van der Waals surface area contributed by atoms with Crippen molar-refractivity contribution in [3.63, 3.8) is 0 Å². The van der Waals surface area contributed by atoms with Crippen LogP contribution in [0.25, 0.3) is 0 Å². The van der Waals surface area contributed by atoms with Crippen molar-refractivity contribution in [1.29, 1.82) is 0 Å². The molecule has 0 heterocycles. The van der Waals surface area contributed by atoms with Crippen LogP contribution in [0.4, 0.5) is 5.69 Å². The molecule has 1 aromatic carbocycles. The van der Waals surface area contributed by atoms with Gasteiger partial charge in [0.15, 0.2) is 4.90 Å². The molecule has 0 saturated heterocycles. The Morgan fingerprint density at radius 1 is 1.50 bits per heavy atom. The number of aromatic hydroxyl groups is 1. The molecule has 18 heavy (non-hydrogen) atoms. The second-order valence-corrected chi connectivity index (χ2v) is 5.38. The van der Waals surface area contributed by atoms with E-state index in [-0.39, 0.29) is 5.02 Å². The number of nitrogens with zero attached hydrogens (tertiary/aromatic N) is 2. The Balaban J connectivity index is 3.60. The minimum atomic E-state index is -4.28. The van der Waals surface area contributed by atoms with Crippen molar-refractivity contribution in [2.75, 3.05) is 14.2 Å². The van der Waals surface area contributed by atoms with Gasteiger partial charge >= 0.3 is 5.69 Å². The molecular weight excluding hydrogens is 288 g/mol. The summed E-state index contributed by atoms with van der Waals surface area (Å²) >= 11 is 5.65. The average Bonchev–Trinajstić information content (AvgIpc) is 2.26. The fourth-order valence-electron chi connectivity index (χ4n) is 1.16. The van der Waals surface area contributed by atoms with Crippen LogP contribution in [-0.4, -0.2) is 37.1 Å². The normalized spacial score (nSPS) is 11.8. The lowest BCUT2D eigenvalue weighted by atomic mass is 10.3. The van der Waals surface area contributed by atoms with Crippen LogP contribution < -0.4 is 0 Å². The van der Waals surface area contributed by atoms with Crippen molar-refractivity contribution < 1.29 is 23.3 Å². The zero-order chi connectivity index (χ0) is 14.1. The summed E-state index contributed by atoms with van der Waals surface area (Å²) in [7, 11) is -2.14. The number of phenols is 1. The molecule has 0 atom stereocenters. The van der Waals surface area contributed by atoms with E-state index in [0.717, 1.165) is 26.3 Å². The Bertz CT molecular complexity index is 587. The molecule has 0 aromatic heterocycles. The first kappa shape index (κ1) is 14.6. The molecule has 0 aliphatic heterocycles. The Morgan fingerprint density at radius 2 is 2.06 bits per heavy atom. The zero-order valence-corrected chi connectivity index (χ0v) is 10.9. The quantitative estimate of drug-likeness (QED) is 0.659. The van der Waals surface area contributed by atoms with Gasteiger partial charge in [-0.15, -0.1) is 0 Å². The Morgan fingerprint density at radius 3 is 2.50 bits per heavy atom. The number of hydrogen-bond acceptors (Lipinski definition) is 6. The molecule has 1 aromatic rings. The molecule has 0 amide bonds. The third-order valence-corrected chi connectivity index (χ3v) is 4.29. The zero-order valence-electron chi connectivity index (χ0n) is 9.32. The van der Waals surface area contributed by atoms with Gasteiger partial charge < -0.3 is 5.11 Å². The molecule has 0 aliphatic rings. The fraction of sp³-hybridized carbons (Fsp3) is 0.250. The van der Waals surface area contributed by atoms with Crippen LogP contribution in [0.5, 0.6) is 5.75 Å². The molecular formula is C8H9ClN2O6S. The van der Waals surface area contributed by atoms with Gasteiger partial charge in [-0.2, -0.15) is 0 Å². The molecule has 100 valence electrons. The smallest absolute Gasteiger partial charge is 0.312 e. The van der Waals surface area contributed by atoms with Crippen LogP contribution in [0.15, 0.2) is 17.0 Å². The van der Waals surface area contributed by atoms with E-state index in [4.69, 9.17) is 11.6 Å². The van der Waals surface area contributed by atoms with Gasteiger partial charge in [-0.05, 0) is 6.07 Å². The summed E-state index contributed by atoms with van der Waals surface area (Å²) in [4.78, 5) is 13.4. The maximum absolute atomic E-state index is 11.9. The van der Waals surface area contributed by atoms with E-state index in [1.54, 1.807) is 0 Å². The van der Waals surface area contributed by atoms with Gasteiger partial charge in [0.1, 0.15) is 0 Å². The maximum atomic E-state index is 11.9. The van der Waals surface area contributed by atoms with Crippen molar-refractivity contribution in [1.82, 2.24) is 4.47 Å². The van der Waals surface area contributed by atoms with E-state index in [2.05, 4.69) is 4.84 Å². The van der Waals surface area contributed by atoms with E-state index in [1.165, 1.54) is 0 Å². The van der Waals surface area contributed by atoms with Gasteiger partial charge in [0.05, 0.1) is 17.1 Å².